The molecule has 21 nitrogen and oxygen atoms in total. The van der Waals surface area contributed by atoms with E-state index in [1.165, 1.54) is 13.8 Å². The van der Waals surface area contributed by atoms with Gasteiger partial charge in [-0.05, 0) is 152 Å². The highest BCUT2D eigenvalue weighted by molar-refractivity contribution is 7.78. The number of methoxy groups -OCH3 is 1. The predicted octanol–water partition coefficient (Wildman–Crippen LogP) is 15.0. The molecule has 0 saturated carbocycles. The Morgan fingerprint density at radius 2 is 0.812 bits per heavy atom. The maximum Gasteiger partial charge on any atom is 0.302 e. The number of esters is 1. The van der Waals surface area contributed by atoms with E-state index in [2.05, 4.69) is 16.6 Å². The van der Waals surface area contributed by atoms with Crippen LogP contribution < -0.4 is 10.6 Å². The number of ether oxygens (including phenoxy) is 4. The minimum atomic E-state index is -2.40. The van der Waals surface area contributed by atoms with Crippen LogP contribution in [0.4, 0.5) is 0 Å². The summed E-state index contributed by atoms with van der Waals surface area (Å²) in [7, 11) is -17.8. The highest BCUT2D eigenvalue weighted by Gasteiger charge is 2.21. The van der Waals surface area contributed by atoms with Crippen molar-refractivity contribution < 1.29 is 94.3 Å². The number of carbonyl (C=O) groups excluding carboxylic acids is 3. The molecule has 1 unspecified atom stereocenters. The van der Waals surface area contributed by atoms with Crippen LogP contribution in [0.15, 0.2) is 91.0 Å². The lowest BCUT2D eigenvalue weighted by Crippen LogP contribution is -2.37. The zero-order valence-corrected chi connectivity index (χ0v) is 75.2. The number of aliphatic hydroxyl groups is 3. The van der Waals surface area contributed by atoms with Crippen LogP contribution in [0.3, 0.4) is 0 Å². The fourth-order valence-electron chi connectivity index (χ4n) is 7.18. The van der Waals surface area contributed by atoms with Gasteiger partial charge in [0.15, 0.2) is 0 Å². The van der Waals surface area contributed by atoms with Crippen molar-refractivity contribution >= 4 is 99.6 Å². The summed E-state index contributed by atoms with van der Waals surface area (Å²) in [6.07, 6.45) is 8.94. The number of aliphatic hydroxyl groups excluding tert-OH is 3. The van der Waals surface area contributed by atoms with Crippen LogP contribution >= 0.6 is 71.4 Å². The number of ketones is 2. The van der Waals surface area contributed by atoms with Gasteiger partial charge in [-0.1, -0.05) is 97.9 Å². The van der Waals surface area contributed by atoms with E-state index in [0.29, 0.717) is 82.0 Å². The largest absolute Gasteiger partial charge is 0.465 e. The van der Waals surface area contributed by atoms with E-state index in [1.54, 1.807) is 94.0 Å². The first-order valence-corrected chi connectivity index (χ1v) is 60.8. The fourth-order valence-corrected chi connectivity index (χ4v) is 16.5. The van der Waals surface area contributed by atoms with Crippen LogP contribution in [-0.4, -0.2) is 299 Å². The van der Waals surface area contributed by atoms with Gasteiger partial charge in [-0.25, -0.2) is 0 Å². The smallest absolute Gasteiger partial charge is 0.302 e. The van der Waals surface area contributed by atoms with Crippen LogP contribution in [0, 0.1) is 0 Å². The molecule has 31 heteroatoms. The number of Topliss-reactive ketones (excluding diaryl/α,β-unsaturated/α-hetero) is 2. The third kappa shape index (κ3) is 96.5. The average Bonchev–Trinajstić information content (AvgIpc) is 0.816. The summed E-state index contributed by atoms with van der Waals surface area (Å²) in [6.45, 7) is 44.4. The van der Waals surface area contributed by atoms with Gasteiger partial charge in [0.2, 0.25) is 0 Å². The number of benzene rings is 3. The van der Waals surface area contributed by atoms with Gasteiger partial charge in [-0.3, -0.25) is 9.69 Å². The second-order valence-electron chi connectivity index (χ2n) is 28.5. The van der Waals surface area contributed by atoms with Gasteiger partial charge in [0.25, 0.3) is 0 Å². The molecule has 3 aromatic carbocycles. The first-order valence-electron chi connectivity index (χ1n) is 33.8. The Kier molecular flexibility index (Phi) is 66.0. The molecule has 3 N–H and O–H groups in total. The number of hydrogen-bond acceptors (Lipinski definition) is 21. The van der Waals surface area contributed by atoms with Gasteiger partial charge >= 0.3 is 5.97 Å². The molecule has 594 valence electrons. The van der Waals surface area contributed by atoms with Gasteiger partial charge < -0.3 is 89.5 Å². The zero-order valence-electron chi connectivity index (χ0n) is 66.2. The van der Waals surface area contributed by atoms with Crippen LogP contribution in [-0.2, 0) is 85.1 Å². The van der Waals surface area contributed by atoms with Crippen molar-refractivity contribution in [1.29, 1.82) is 0 Å². The number of nitrogens with zero attached hydrogens (tertiary/aromatic N) is 1. The molecular formula is C70H139NO20P10. The quantitative estimate of drug-likeness (QED) is 0.0306. The van der Waals surface area contributed by atoms with Crippen LogP contribution in [0.5, 0.6) is 0 Å². The lowest BCUT2D eigenvalue weighted by molar-refractivity contribution is -0.140. The number of rotatable bonds is 31. The van der Waals surface area contributed by atoms with E-state index in [-0.39, 0.29) is 44.0 Å². The molecule has 0 bridgehead atoms. The van der Waals surface area contributed by atoms with Crippen molar-refractivity contribution in [2.45, 2.75) is 59.5 Å². The Bertz CT molecular complexity index is 3010. The maximum atomic E-state index is 12.6. The summed E-state index contributed by atoms with van der Waals surface area (Å²) in [4.78, 5) is 33.3. The van der Waals surface area contributed by atoms with E-state index < -0.39 is 71.4 Å². The van der Waals surface area contributed by atoms with Gasteiger partial charge in [0, 0.05) is 132 Å². The highest BCUT2D eigenvalue weighted by Crippen LogP contribution is 2.45. The second-order valence-corrected chi connectivity index (χ2v) is 63.6. The van der Waals surface area contributed by atoms with Gasteiger partial charge in [-0.2, -0.15) is 0 Å². The lowest BCUT2D eigenvalue weighted by atomic mass is 10.2. The Labute approximate surface area is 613 Å². The van der Waals surface area contributed by atoms with E-state index in [0.717, 1.165) is 74.2 Å². The monoisotopic (exact) mass is 1620 g/mol. The Balaban J connectivity index is -0.000000251. The SMILES string of the molecule is CC(=O)CCCP(C)(C)=O.CC(=O)CCP(C)(C)=O.CC(=O)OCCP(C)(C)=O.CCCP(C)(C)=O.COCCP(C)(=O)Cc1ccccc1.CP(=O)(CCO)CCO.CP(=O)(c1ccccc1)c1ccccc1.CP(C)(=O)CCN1CCOCC1.CP(C)(=O)CCOCCO.CP(C)(C)=O. The molecule has 3 aromatic rings. The first-order chi connectivity index (χ1) is 45.9. The number of hydrogen-bond donors (Lipinski definition) is 3. The number of carbonyl (C=O) groups is 3. The molecule has 0 radical (unpaired) electrons. The first kappa shape index (κ1) is 110. The Hall–Kier alpha value is -1.51. The van der Waals surface area contributed by atoms with Gasteiger partial charge in [0.05, 0.1) is 111 Å². The lowest BCUT2D eigenvalue weighted by Gasteiger charge is -2.26. The van der Waals surface area contributed by atoms with Crippen LogP contribution in [0.25, 0.3) is 0 Å². The van der Waals surface area contributed by atoms with Crippen LogP contribution in [0.2, 0.25) is 0 Å². The summed E-state index contributed by atoms with van der Waals surface area (Å²) >= 11 is 0. The number of morpholine rings is 1. The third-order valence-electron chi connectivity index (χ3n) is 12.8. The maximum absolute atomic E-state index is 12.6. The highest BCUT2D eigenvalue weighted by atomic mass is 31.2. The molecule has 1 heterocycles. The molecule has 1 saturated heterocycles. The molecule has 4 rings (SSSR count). The topological polar surface area (TPSA) is 323 Å². The average molecular weight is 1620 g/mol. The third-order valence-corrected chi connectivity index (χ3v) is 27.8. The molecule has 0 aromatic heterocycles. The van der Waals surface area contributed by atoms with Crippen molar-refractivity contribution in [3.8, 4) is 0 Å². The fraction of sp³-hybridized carbons (Fsp3) is 0.700. The minimum absolute atomic E-state index is 0.0394. The summed E-state index contributed by atoms with van der Waals surface area (Å²) in [5, 5.41) is 26.9. The van der Waals surface area contributed by atoms with Crippen molar-refractivity contribution in [3.63, 3.8) is 0 Å². The molecule has 1 aliphatic rings. The van der Waals surface area contributed by atoms with Gasteiger partial charge in [0.1, 0.15) is 18.7 Å². The van der Waals surface area contributed by atoms with E-state index in [4.69, 9.17) is 29.5 Å². The summed E-state index contributed by atoms with van der Waals surface area (Å²) < 4.78 is 132. The molecule has 1 aliphatic heterocycles. The molecule has 1 fully saturated rings. The van der Waals surface area contributed by atoms with Crippen LogP contribution in [0.1, 0.15) is 58.9 Å². The summed E-state index contributed by atoms with van der Waals surface area (Å²) in [6, 6.07) is 29.2. The molecule has 1 atom stereocenters. The van der Waals surface area contributed by atoms with E-state index in [1.807, 2.05) is 131 Å². The molecular weight excluding hydrogens is 1480 g/mol. The van der Waals surface area contributed by atoms with Crippen molar-refractivity contribution in [3.05, 3.63) is 96.6 Å². The summed E-state index contributed by atoms with van der Waals surface area (Å²) in [5.74, 6) is 0.000764. The minimum Gasteiger partial charge on any atom is -0.465 e. The van der Waals surface area contributed by atoms with E-state index in [9.17, 15) is 60.0 Å². The zero-order chi connectivity index (χ0) is 79.9. The molecule has 0 spiro atoms. The standard InChI is InChI=1S/C13H13OP.C11H17O2P.C8H18NO2P.C7H15O2P.C6H13O3P.C6H15O3P.C6H13O2P.C5H13O3P.C5H13OP.C3H9OP/c1-15(14,12-8-4-2-5-9-12)13-10-6-3-7-11-13;1-13-8-9-14(2,12)10-11-6-4-3-5-7-11;1-12(2,10)8-5-9-3-6-11-7-4-9;1-7(8)5-4-6-10(2,3)9;1-6(7)9-4-5-10(2,3)8;1-10(2,8)6-5-9-4-3-7;1-6(7)4-5-9(2,3)8;1-9(8,4-2-6)5-3-7;1-4-5-7(2,3)6;1-5(2,3)4/h2-11H,1H3;3-7H,8-10H2,1-2H3;3-8H2,1-2H3;4-6H2,1-3H3;4-5H2,1-3H3;7H,3-6H2,1-2H3;4-5H2,1-3H3;6-7H,2-5H2,1H3;4-5H2,1-3H3;1-3H3. The van der Waals surface area contributed by atoms with Crippen molar-refractivity contribution in [1.82, 2.24) is 4.90 Å². The second kappa shape index (κ2) is 60.4. The van der Waals surface area contributed by atoms with Crippen molar-refractivity contribution in [2.24, 2.45) is 0 Å². The van der Waals surface area contributed by atoms with Gasteiger partial charge in [-0.15, -0.1) is 0 Å². The summed E-state index contributed by atoms with van der Waals surface area (Å²) in [5.41, 5.74) is 1.15. The normalized spacial score (nSPS) is 13.2. The Morgan fingerprint density at radius 1 is 0.436 bits per heavy atom. The Morgan fingerprint density at radius 3 is 1.12 bits per heavy atom. The van der Waals surface area contributed by atoms with E-state index >= 15 is 0 Å². The molecule has 101 heavy (non-hydrogen) atoms. The predicted molar refractivity (Wildman–Crippen MR) is 442 cm³/mol. The van der Waals surface area contributed by atoms with Crippen molar-refractivity contribution in [2.75, 3.05) is 262 Å². The molecule has 0 aliphatic carbocycles. The molecule has 0 amide bonds.